The maximum absolute atomic E-state index is 13.0. The molecule has 3 heterocycles. The molecule has 0 aromatic heterocycles. The minimum Gasteiger partial charge on any atom is -0.483 e. The number of benzene rings is 1. The van der Waals surface area contributed by atoms with E-state index in [-0.39, 0.29) is 36.3 Å². The summed E-state index contributed by atoms with van der Waals surface area (Å²) in [6.45, 7) is 8.01. The zero-order valence-corrected chi connectivity index (χ0v) is 18.4. The molecule has 4 rings (SSSR count). The van der Waals surface area contributed by atoms with E-state index in [9.17, 15) is 9.59 Å². The Labute approximate surface area is 183 Å². The summed E-state index contributed by atoms with van der Waals surface area (Å²) in [5.74, 6) is 0.521. The lowest BCUT2D eigenvalue weighted by Gasteiger charge is -2.46. The summed E-state index contributed by atoms with van der Waals surface area (Å²) in [5.41, 5.74) is 2.31. The van der Waals surface area contributed by atoms with E-state index in [0.717, 1.165) is 38.0 Å². The topological polar surface area (TPSA) is 90.4 Å². The number of piperazine rings is 1. The molecule has 8 nitrogen and oxygen atoms in total. The first-order valence-electron chi connectivity index (χ1n) is 11.1. The van der Waals surface area contributed by atoms with Crippen LogP contribution >= 0.6 is 0 Å². The van der Waals surface area contributed by atoms with Gasteiger partial charge < -0.3 is 19.6 Å². The highest BCUT2D eigenvalue weighted by atomic mass is 16.5. The Morgan fingerprint density at radius 3 is 2.48 bits per heavy atom. The first-order chi connectivity index (χ1) is 15.0. The molecule has 0 radical (unpaired) electrons. The van der Waals surface area contributed by atoms with E-state index in [1.807, 2.05) is 28.0 Å². The Kier molecular flexibility index (Phi) is 8.03. The molecular weight excluding hydrogens is 398 g/mol. The van der Waals surface area contributed by atoms with Crippen LogP contribution in [0.4, 0.5) is 5.69 Å². The number of rotatable bonds is 3. The molecule has 2 saturated heterocycles. The molecule has 8 heteroatoms. The molecule has 1 aromatic carbocycles. The lowest BCUT2D eigenvalue weighted by molar-refractivity contribution is -0.145. The van der Waals surface area contributed by atoms with Gasteiger partial charge in [0.15, 0.2) is 0 Å². The Bertz CT molecular complexity index is 780. The number of anilines is 1. The van der Waals surface area contributed by atoms with Crippen LogP contribution in [-0.2, 0) is 25.5 Å². The number of nitrogens with zero attached hydrogens (tertiary/aromatic N) is 3. The molecule has 0 spiro atoms. The number of carbonyl (C=O) groups is 3. The summed E-state index contributed by atoms with van der Waals surface area (Å²) in [7, 11) is 0. The van der Waals surface area contributed by atoms with Crippen LogP contribution in [0.1, 0.15) is 32.3 Å². The lowest BCUT2D eigenvalue weighted by atomic mass is 9.95. The van der Waals surface area contributed by atoms with Crippen LogP contribution in [0.25, 0.3) is 0 Å². The molecule has 0 unspecified atom stereocenters. The van der Waals surface area contributed by atoms with Gasteiger partial charge in [-0.05, 0) is 44.7 Å². The number of hydrogen-bond acceptors (Lipinski definition) is 5. The van der Waals surface area contributed by atoms with Gasteiger partial charge in [0.2, 0.25) is 11.8 Å². The zero-order valence-electron chi connectivity index (χ0n) is 18.4. The van der Waals surface area contributed by atoms with Crippen molar-refractivity contribution >= 4 is 24.0 Å². The van der Waals surface area contributed by atoms with E-state index in [0.29, 0.717) is 26.3 Å². The van der Waals surface area contributed by atoms with Crippen LogP contribution < -0.4 is 4.90 Å². The molecule has 0 saturated carbocycles. The molecule has 31 heavy (non-hydrogen) atoms. The van der Waals surface area contributed by atoms with Gasteiger partial charge in [-0.3, -0.25) is 19.3 Å². The van der Waals surface area contributed by atoms with Gasteiger partial charge in [0, 0.05) is 56.5 Å². The van der Waals surface area contributed by atoms with E-state index in [1.165, 1.54) is 5.56 Å². The fourth-order valence-corrected chi connectivity index (χ4v) is 4.78. The molecule has 2 fully saturated rings. The van der Waals surface area contributed by atoms with E-state index in [2.05, 4.69) is 24.8 Å². The number of amides is 2. The Hall–Kier alpha value is -2.45. The first-order valence-corrected chi connectivity index (χ1v) is 11.1. The summed E-state index contributed by atoms with van der Waals surface area (Å²) in [6, 6.07) is 8.45. The fourth-order valence-electron chi connectivity index (χ4n) is 4.78. The van der Waals surface area contributed by atoms with Crippen LogP contribution in [0.2, 0.25) is 0 Å². The largest absolute Gasteiger partial charge is 0.483 e. The van der Waals surface area contributed by atoms with Gasteiger partial charge in [-0.2, -0.15) is 0 Å². The van der Waals surface area contributed by atoms with Gasteiger partial charge in [0.05, 0.1) is 6.54 Å². The zero-order chi connectivity index (χ0) is 22.4. The monoisotopic (exact) mass is 431 g/mol. The molecule has 1 aromatic rings. The molecule has 3 aliphatic rings. The SMILES string of the molecule is C[C@@H]1[C@@H](C)N(C(=O)C2CCOCC2)CCN1CC(=O)N1CCc2ccccc21.O=CO. The van der Waals surface area contributed by atoms with Crippen molar-refractivity contribution < 1.29 is 24.2 Å². The molecular formula is C23H33N3O5. The minimum atomic E-state index is -0.250. The Balaban J connectivity index is 0.000000858. The van der Waals surface area contributed by atoms with Gasteiger partial charge in [0.25, 0.3) is 6.47 Å². The number of fused-ring (bicyclic) bond motifs is 1. The normalized spacial score (nSPS) is 24.2. The van der Waals surface area contributed by atoms with Crippen molar-refractivity contribution in [2.75, 3.05) is 44.3 Å². The number of carbonyl (C=O) groups excluding carboxylic acids is 2. The average molecular weight is 432 g/mol. The summed E-state index contributed by atoms with van der Waals surface area (Å²) < 4.78 is 5.40. The van der Waals surface area contributed by atoms with Gasteiger partial charge in [-0.25, -0.2) is 0 Å². The second-order valence-corrected chi connectivity index (χ2v) is 8.40. The van der Waals surface area contributed by atoms with Crippen LogP contribution in [0.5, 0.6) is 0 Å². The summed E-state index contributed by atoms with van der Waals surface area (Å²) in [6.07, 6.45) is 2.58. The number of carboxylic acid groups (broad SMARTS) is 1. The van der Waals surface area contributed by atoms with Gasteiger partial charge in [-0.1, -0.05) is 18.2 Å². The third kappa shape index (κ3) is 5.25. The predicted molar refractivity (Wildman–Crippen MR) is 117 cm³/mol. The summed E-state index contributed by atoms with van der Waals surface area (Å²) in [5, 5.41) is 6.89. The van der Waals surface area contributed by atoms with Gasteiger partial charge >= 0.3 is 0 Å². The second kappa shape index (κ2) is 10.7. The second-order valence-electron chi connectivity index (χ2n) is 8.40. The third-order valence-corrected chi connectivity index (χ3v) is 6.77. The van der Waals surface area contributed by atoms with Crippen LogP contribution in [0, 0.1) is 5.92 Å². The first kappa shape index (κ1) is 23.2. The van der Waals surface area contributed by atoms with E-state index < -0.39 is 0 Å². The molecule has 3 aliphatic heterocycles. The summed E-state index contributed by atoms with van der Waals surface area (Å²) in [4.78, 5) is 40.5. The number of ether oxygens (including phenoxy) is 1. The molecule has 1 N–H and O–H groups in total. The highest BCUT2D eigenvalue weighted by molar-refractivity contribution is 5.96. The number of para-hydroxylation sites is 1. The standard InChI is InChI=1S/C22H31N3O3.CH2O2/c1-16-17(2)24(22(27)19-8-13-28-14-9-19)12-11-23(16)15-21(26)25-10-7-18-5-3-4-6-20(18)25;2-1-3/h3-6,16-17,19H,7-15H2,1-2H3;1H,(H,2,3)/t16-,17-;/m1./s1. The van der Waals surface area contributed by atoms with Crippen LogP contribution in [0.3, 0.4) is 0 Å². The number of hydrogen-bond donors (Lipinski definition) is 1. The average Bonchev–Trinajstić information content (AvgIpc) is 3.22. The van der Waals surface area contributed by atoms with Crippen molar-refractivity contribution in [1.82, 2.24) is 9.80 Å². The smallest absolute Gasteiger partial charge is 0.290 e. The Morgan fingerprint density at radius 2 is 1.77 bits per heavy atom. The maximum atomic E-state index is 13.0. The van der Waals surface area contributed by atoms with Crippen LogP contribution in [0.15, 0.2) is 24.3 Å². The van der Waals surface area contributed by atoms with Crippen molar-refractivity contribution in [3.8, 4) is 0 Å². The van der Waals surface area contributed by atoms with Gasteiger partial charge in [-0.15, -0.1) is 0 Å². The van der Waals surface area contributed by atoms with Crippen molar-refractivity contribution in [2.45, 2.75) is 45.2 Å². The molecule has 170 valence electrons. The molecule has 0 bridgehead atoms. The van der Waals surface area contributed by atoms with E-state index in [4.69, 9.17) is 14.6 Å². The highest BCUT2D eigenvalue weighted by Crippen LogP contribution is 2.28. The highest BCUT2D eigenvalue weighted by Gasteiger charge is 2.38. The minimum absolute atomic E-state index is 0.0951. The quantitative estimate of drug-likeness (QED) is 0.732. The molecule has 2 amide bonds. The maximum Gasteiger partial charge on any atom is 0.290 e. The Morgan fingerprint density at radius 1 is 1.10 bits per heavy atom. The summed E-state index contributed by atoms with van der Waals surface area (Å²) >= 11 is 0. The van der Waals surface area contributed by atoms with Crippen molar-refractivity contribution in [3.05, 3.63) is 29.8 Å². The lowest BCUT2D eigenvalue weighted by Crippen LogP contribution is -2.61. The van der Waals surface area contributed by atoms with Crippen molar-refractivity contribution in [3.63, 3.8) is 0 Å². The van der Waals surface area contributed by atoms with Crippen molar-refractivity contribution in [2.24, 2.45) is 5.92 Å². The predicted octanol–water partition coefficient (Wildman–Crippen LogP) is 1.62. The van der Waals surface area contributed by atoms with E-state index >= 15 is 0 Å². The van der Waals surface area contributed by atoms with Crippen LogP contribution in [-0.4, -0.2) is 84.7 Å². The van der Waals surface area contributed by atoms with Crippen molar-refractivity contribution in [1.29, 1.82) is 0 Å². The third-order valence-electron chi connectivity index (χ3n) is 6.77. The molecule has 0 aliphatic carbocycles. The fraction of sp³-hybridized carbons (Fsp3) is 0.609. The van der Waals surface area contributed by atoms with E-state index in [1.54, 1.807) is 0 Å². The van der Waals surface area contributed by atoms with Gasteiger partial charge in [0.1, 0.15) is 0 Å². The molecule has 2 atom stereocenters.